The lowest BCUT2D eigenvalue weighted by Crippen LogP contribution is -2.45. The number of aromatic amines is 1. The SMILES string of the molecule is N#CC1(NC(=O)Cc2c[nH]c3ccccc23)CCCC1. The highest BCUT2D eigenvalue weighted by Crippen LogP contribution is 2.29. The Morgan fingerprint density at radius 1 is 1.35 bits per heavy atom. The molecular formula is C16H17N3O. The molecule has 102 valence electrons. The van der Waals surface area contributed by atoms with Gasteiger partial charge in [-0.1, -0.05) is 18.2 Å². The highest BCUT2D eigenvalue weighted by Gasteiger charge is 2.35. The van der Waals surface area contributed by atoms with Gasteiger partial charge in [-0.15, -0.1) is 0 Å². The summed E-state index contributed by atoms with van der Waals surface area (Å²) in [6, 6.07) is 10.2. The van der Waals surface area contributed by atoms with Crippen LogP contribution in [0.1, 0.15) is 31.2 Å². The van der Waals surface area contributed by atoms with Crippen LogP contribution in [0, 0.1) is 11.3 Å². The lowest BCUT2D eigenvalue weighted by molar-refractivity contribution is -0.121. The van der Waals surface area contributed by atoms with E-state index in [4.69, 9.17) is 0 Å². The standard InChI is InChI=1S/C16H17N3O/c17-11-16(7-3-4-8-16)19-15(20)9-12-10-18-14-6-2-1-5-13(12)14/h1-2,5-6,10,18H,3-4,7-9H2,(H,19,20). The summed E-state index contributed by atoms with van der Waals surface area (Å²) in [6.07, 6.45) is 5.75. The summed E-state index contributed by atoms with van der Waals surface area (Å²) >= 11 is 0. The third-order valence-electron chi connectivity index (χ3n) is 4.08. The number of para-hydroxylation sites is 1. The van der Waals surface area contributed by atoms with Crippen LogP contribution in [-0.2, 0) is 11.2 Å². The molecular weight excluding hydrogens is 250 g/mol. The molecule has 0 radical (unpaired) electrons. The van der Waals surface area contributed by atoms with Crippen LogP contribution in [0.15, 0.2) is 30.5 Å². The number of nitrogens with zero attached hydrogens (tertiary/aromatic N) is 1. The second-order valence-corrected chi connectivity index (χ2v) is 5.49. The molecule has 1 amide bonds. The Hall–Kier alpha value is -2.28. The molecule has 3 rings (SSSR count). The van der Waals surface area contributed by atoms with Gasteiger partial charge in [-0.3, -0.25) is 4.79 Å². The molecule has 0 spiro atoms. The van der Waals surface area contributed by atoms with Crippen molar-refractivity contribution in [2.24, 2.45) is 0 Å². The molecule has 0 aliphatic heterocycles. The van der Waals surface area contributed by atoms with E-state index in [0.717, 1.165) is 42.1 Å². The summed E-state index contributed by atoms with van der Waals surface area (Å²) in [4.78, 5) is 15.4. The molecule has 0 saturated heterocycles. The highest BCUT2D eigenvalue weighted by molar-refractivity contribution is 5.89. The summed E-state index contributed by atoms with van der Waals surface area (Å²) in [5.74, 6) is -0.0711. The smallest absolute Gasteiger partial charge is 0.225 e. The molecule has 1 aliphatic rings. The van der Waals surface area contributed by atoms with Crippen molar-refractivity contribution in [3.63, 3.8) is 0 Å². The van der Waals surface area contributed by atoms with Gasteiger partial charge in [0.15, 0.2) is 0 Å². The molecule has 4 heteroatoms. The lowest BCUT2D eigenvalue weighted by atomic mass is 9.99. The topological polar surface area (TPSA) is 68.7 Å². The van der Waals surface area contributed by atoms with Crippen molar-refractivity contribution in [2.75, 3.05) is 0 Å². The number of carbonyl (C=O) groups is 1. The predicted octanol–water partition coefficient (Wildman–Crippen LogP) is 2.66. The van der Waals surface area contributed by atoms with E-state index >= 15 is 0 Å². The normalized spacial score (nSPS) is 16.9. The van der Waals surface area contributed by atoms with Gasteiger partial charge in [-0.25, -0.2) is 0 Å². The monoisotopic (exact) mass is 267 g/mol. The molecule has 0 unspecified atom stereocenters. The van der Waals surface area contributed by atoms with Gasteiger partial charge >= 0.3 is 0 Å². The molecule has 1 heterocycles. The van der Waals surface area contributed by atoms with Crippen molar-refractivity contribution in [2.45, 2.75) is 37.6 Å². The zero-order chi connectivity index (χ0) is 14.0. The van der Waals surface area contributed by atoms with E-state index in [1.54, 1.807) is 0 Å². The summed E-state index contributed by atoms with van der Waals surface area (Å²) in [5, 5.41) is 13.3. The minimum Gasteiger partial charge on any atom is -0.361 e. The second-order valence-electron chi connectivity index (χ2n) is 5.49. The average Bonchev–Trinajstić information content (AvgIpc) is 3.07. The van der Waals surface area contributed by atoms with Crippen LogP contribution in [0.4, 0.5) is 0 Å². The first-order chi connectivity index (χ1) is 9.72. The molecule has 0 atom stereocenters. The van der Waals surface area contributed by atoms with Gasteiger partial charge in [0.1, 0.15) is 5.54 Å². The lowest BCUT2D eigenvalue weighted by Gasteiger charge is -2.21. The number of amides is 1. The first kappa shape index (κ1) is 12.7. The molecule has 1 aromatic heterocycles. The van der Waals surface area contributed by atoms with E-state index in [0.29, 0.717) is 6.42 Å². The molecule has 2 N–H and O–H groups in total. The highest BCUT2D eigenvalue weighted by atomic mass is 16.1. The fourth-order valence-electron chi connectivity index (χ4n) is 3.01. The average molecular weight is 267 g/mol. The number of hydrogen-bond donors (Lipinski definition) is 2. The number of rotatable bonds is 3. The number of nitrogens with one attached hydrogen (secondary N) is 2. The molecule has 2 aromatic rings. The third kappa shape index (κ3) is 2.27. The summed E-state index contributed by atoms with van der Waals surface area (Å²) in [5.41, 5.74) is 1.37. The Morgan fingerprint density at radius 2 is 2.10 bits per heavy atom. The van der Waals surface area contributed by atoms with Crippen LogP contribution in [0.5, 0.6) is 0 Å². The molecule has 1 saturated carbocycles. The van der Waals surface area contributed by atoms with Gasteiger partial charge < -0.3 is 10.3 Å². The fraction of sp³-hybridized carbons (Fsp3) is 0.375. The van der Waals surface area contributed by atoms with Crippen molar-refractivity contribution in [1.29, 1.82) is 5.26 Å². The number of fused-ring (bicyclic) bond motifs is 1. The van der Waals surface area contributed by atoms with Crippen molar-refractivity contribution >= 4 is 16.8 Å². The Morgan fingerprint density at radius 3 is 2.85 bits per heavy atom. The third-order valence-corrected chi connectivity index (χ3v) is 4.08. The van der Waals surface area contributed by atoms with E-state index in [-0.39, 0.29) is 5.91 Å². The van der Waals surface area contributed by atoms with E-state index in [1.165, 1.54) is 0 Å². The Labute approximate surface area is 117 Å². The molecule has 20 heavy (non-hydrogen) atoms. The maximum atomic E-state index is 12.2. The maximum Gasteiger partial charge on any atom is 0.225 e. The molecule has 1 aromatic carbocycles. The van der Waals surface area contributed by atoms with E-state index < -0.39 is 5.54 Å². The van der Waals surface area contributed by atoms with Crippen LogP contribution in [0.3, 0.4) is 0 Å². The van der Waals surface area contributed by atoms with Gasteiger partial charge in [0, 0.05) is 17.1 Å². The summed E-state index contributed by atoms with van der Waals surface area (Å²) < 4.78 is 0. The Kier molecular flexibility index (Phi) is 3.19. The second kappa shape index (κ2) is 5.01. The number of H-pyrrole nitrogens is 1. The number of aromatic nitrogens is 1. The maximum absolute atomic E-state index is 12.2. The predicted molar refractivity (Wildman–Crippen MR) is 77.0 cm³/mol. The number of hydrogen-bond acceptors (Lipinski definition) is 2. The first-order valence-corrected chi connectivity index (χ1v) is 7.00. The largest absolute Gasteiger partial charge is 0.361 e. The van der Waals surface area contributed by atoms with Crippen LogP contribution in [0.2, 0.25) is 0 Å². The van der Waals surface area contributed by atoms with Gasteiger partial charge in [0.2, 0.25) is 5.91 Å². The summed E-state index contributed by atoms with van der Waals surface area (Å²) in [6.45, 7) is 0. The zero-order valence-corrected chi connectivity index (χ0v) is 11.3. The minimum absolute atomic E-state index is 0.0711. The van der Waals surface area contributed by atoms with E-state index in [1.807, 2.05) is 30.5 Å². The number of nitriles is 1. The van der Waals surface area contributed by atoms with Gasteiger partial charge in [0.05, 0.1) is 12.5 Å². The van der Waals surface area contributed by atoms with Crippen LogP contribution in [0.25, 0.3) is 10.9 Å². The van der Waals surface area contributed by atoms with Crippen LogP contribution in [-0.4, -0.2) is 16.4 Å². The summed E-state index contributed by atoms with van der Waals surface area (Å²) in [7, 11) is 0. The van der Waals surface area contributed by atoms with Crippen molar-refractivity contribution in [3.05, 3.63) is 36.0 Å². The van der Waals surface area contributed by atoms with Crippen LogP contribution < -0.4 is 5.32 Å². The fourth-order valence-corrected chi connectivity index (χ4v) is 3.01. The molecule has 0 bridgehead atoms. The van der Waals surface area contributed by atoms with E-state index in [2.05, 4.69) is 16.4 Å². The Bertz CT molecular complexity index is 674. The molecule has 4 nitrogen and oxygen atoms in total. The minimum atomic E-state index is -0.636. The van der Waals surface area contributed by atoms with Gasteiger partial charge in [-0.2, -0.15) is 5.26 Å². The Balaban J connectivity index is 1.75. The van der Waals surface area contributed by atoms with Crippen molar-refractivity contribution in [3.8, 4) is 6.07 Å². The number of carbonyl (C=O) groups excluding carboxylic acids is 1. The van der Waals surface area contributed by atoms with Crippen molar-refractivity contribution < 1.29 is 4.79 Å². The quantitative estimate of drug-likeness (QED) is 0.897. The van der Waals surface area contributed by atoms with Crippen molar-refractivity contribution in [1.82, 2.24) is 10.3 Å². The number of benzene rings is 1. The van der Waals surface area contributed by atoms with Gasteiger partial charge in [-0.05, 0) is 37.3 Å². The first-order valence-electron chi connectivity index (χ1n) is 7.00. The van der Waals surface area contributed by atoms with Crippen LogP contribution >= 0.6 is 0 Å². The van der Waals surface area contributed by atoms with E-state index in [9.17, 15) is 10.1 Å². The zero-order valence-electron chi connectivity index (χ0n) is 11.3. The molecule has 1 fully saturated rings. The van der Waals surface area contributed by atoms with Gasteiger partial charge in [0.25, 0.3) is 0 Å². The molecule has 1 aliphatic carbocycles.